The Morgan fingerprint density at radius 3 is 2.33 bits per heavy atom. The Kier molecular flexibility index (Phi) is 9.08. The van der Waals surface area contributed by atoms with Crippen LogP contribution < -0.4 is 10.6 Å². The molecule has 0 aromatic heterocycles. The van der Waals surface area contributed by atoms with Gasteiger partial charge in [0.1, 0.15) is 0 Å². The quantitative estimate of drug-likeness (QED) is 0.630. The van der Waals surface area contributed by atoms with E-state index in [2.05, 4.69) is 31.4 Å². The van der Waals surface area contributed by atoms with Gasteiger partial charge in [0.15, 0.2) is 0 Å². The van der Waals surface area contributed by atoms with Crippen LogP contribution in [0.3, 0.4) is 0 Å². The summed E-state index contributed by atoms with van der Waals surface area (Å²) in [5.74, 6) is 0.794. The van der Waals surface area contributed by atoms with Gasteiger partial charge >= 0.3 is 0 Å². The highest BCUT2D eigenvalue weighted by Gasteiger charge is 2.31. The van der Waals surface area contributed by atoms with E-state index in [0.717, 1.165) is 25.8 Å². The molecular formula is C15H32N2O. The molecule has 3 nitrogen and oxygen atoms in total. The third-order valence-corrected chi connectivity index (χ3v) is 3.81. The SMILES string of the molecule is CCCCC(C)(NCC(CC)CCC)C(=O)NC. The number of rotatable bonds is 10. The second-order valence-corrected chi connectivity index (χ2v) is 5.46. The molecule has 0 spiro atoms. The predicted molar refractivity (Wildman–Crippen MR) is 78.7 cm³/mol. The third-order valence-electron chi connectivity index (χ3n) is 3.81. The van der Waals surface area contributed by atoms with E-state index in [-0.39, 0.29) is 5.91 Å². The summed E-state index contributed by atoms with van der Waals surface area (Å²) in [4.78, 5) is 12.0. The Labute approximate surface area is 113 Å². The Hall–Kier alpha value is -0.570. The monoisotopic (exact) mass is 256 g/mol. The number of likely N-dealkylation sites (N-methyl/N-ethyl adjacent to an activating group) is 1. The van der Waals surface area contributed by atoms with Crippen LogP contribution in [0, 0.1) is 5.92 Å². The summed E-state index contributed by atoms with van der Waals surface area (Å²) >= 11 is 0. The highest BCUT2D eigenvalue weighted by Crippen LogP contribution is 2.17. The highest BCUT2D eigenvalue weighted by molar-refractivity contribution is 5.85. The summed E-state index contributed by atoms with van der Waals surface area (Å²) in [6, 6.07) is 0. The van der Waals surface area contributed by atoms with Gasteiger partial charge < -0.3 is 10.6 Å². The molecule has 0 bridgehead atoms. The van der Waals surface area contributed by atoms with Crippen molar-refractivity contribution in [3.8, 4) is 0 Å². The van der Waals surface area contributed by atoms with E-state index in [1.165, 1.54) is 19.3 Å². The van der Waals surface area contributed by atoms with Crippen LogP contribution >= 0.6 is 0 Å². The maximum Gasteiger partial charge on any atom is 0.239 e. The molecule has 0 aliphatic rings. The van der Waals surface area contributed by atoms with Gasteiger partial charge in [0, 0.05) is 7.05 Å². The number of hydrogen-bond acceptors (Lipinski definition) is 2. The molecule has 18 heavy (non-hydrogen) atoms. The van der Waals surface area contributed by atoms with E-state index >= 15 is 0 Å². The van der Waals surface area contributed by atoms with Crippen molar-refractivity contribution in [2.24, 2.45) is 5.92 Å². The molecule has 3 heteroatoms. The van der Waals surface area contributed by atoms with Crippen molar-refractivity contribution in [1.82, 2.24) is 10.6 Å². The summed E-state index contributed by atoms with van der Waals surface area (Å²) in [6.45, 7) is 9.58. The Bertz CT molecular complexity index is 231. The number of nitrogens with one attached hydrogen (secondary N) is 2. The van der Waals surface area contributed by atoms with E-state index in [9.17, 15) is 4.79 Å². The molecule has 0 radical (unpaired) electrons. The zero-order valence-electron chi connectivity index (χ0n) is 12.9. The lowest BCUT2D eigenvalue weighted by Gasteiger charge is -2.31. The molecule has 0 aromatic rings. The largest absolute Gasteiger partial charge is 0.358 e. The normalized spacial score (nSPS) is 16.1. The van der Waals surface area contributed by atoms with Crippen LogP contribution in [0.4, 0.5) is 0 Å². The first-order valence-corrected chi connectivity index (χ1v) is 7.51. The maximum atomic E-state index is 12.0. The summed E-state index contributed by atoms with van der Waals surface area (Å²) in [6.07, 6.45) is 6.75. The molecule has 1 amide bonds. The van der Waals surface area contributed by atoms with Gasteiger partial charge in [0.05, 0.1) is 5.54 Å². The van der Waals surface area contributed by atoms with Crippen LogP contribution in [0.15, 0.2) is 0 Å². The van der Waals surface area contributed by atoms with Gasteiger partial charge in [0.2, 0.25) is 5.91 Å². The zero-order chi connectivity index (χ0) is 14.0. The van der Waals surface area contributed by atoms with Crippen molar-refractivity contribution < 1.29 is 4.79 Å². The van der Waals surface area contributed by atoms with Crippen LogP contribution in [0.5, 0.6) is 0 Å². The van der Waals surface area contributed by atoms with Gasteiger partial charge in [-0.05, 0) is 32.2 Å². The molecule has 0 fully saturated rings. The summed E-state index contributed by atoms with van der Waals surface area (Å²) in [5.41, 5.74) is -0.411. The Balaban J connectivity index is 4.43. The third kappa shape index (κ3) is 5.85. The van der Waals surface area contributed by atoms with E-state index in [1.54, 1.807) is 7.05 Å². The minimum Gasteiger partial charge on any atom is -0.358 e. The molecule has 0 aliphatic heterocycles. The first-order valence-electron chi connectivity index (χ1n) is 7.51. The number of amides is 1. The van der Waals surface area contributed by atoms with Crippen molar-refractivity contribution in [1.29, 1.82) is 0 Å². The van der Waals surface area contributed by atoms with Gasteiger partial charge in [-0.25, -0.2) is 0 Å². The second kappa shape index (κ2) is 9.37. The predicted octanol–water partition coefficient (Wildman–Crippen LogP) is 3.10. The topological polar surface area (TPSA) is 41.1 Å². The standard InChI is InChI=1S/C15H32N2O/c1-6-9-11-15(4,14(18)16-5)17-12-13(8-3)10-7-2/h13,17H,6-12H2,1-5H3,(H,16,18). The number of carbonyl (C=O) groups is 1. The lowest BCUT2D eigenvalue weighted by Crippen LogP contribution is -2.55. The number of carbonyl (C=O) groups excluding carboxylic acids is 1. The highest BCUT2D eigenvalue weighted by atomic mass is 16.2. The van der Waals surface area contributed by atoms with Crippen LogP contribution in [-0.2, 0) is 4.79 Å². The molecule has 0 aromatic carbocycles. The minimum atomic E-state index is -0.411. The van der Waals surface area contributed by atoms with Crippen LogP contribution in [0.25, 0.3) is 0 Å². The first kappa shape index (κ1) is 17.4. The molecular weight excluding hydrogens is 224 g/mol. The molecule has 2 unspecified atom stereocenters. The fourth-order valence-electron chi connectivity index (χ4n) is 2.32. The fourth-order valence-corrected chi connectivity index (χ4v) is 2.32. The minimum absolute atomic E-state index is 0.113. The van der Waals surface area contributed by atoms with Crippen LogP contribution in [0.1, 0.15) is 66.2 Å². The van der Waals surface area contributed by atoms with Crippen molar-refractivity contribution in [2.75, 3.05) is 13.6 Å². The van der Waals surface area contributed by atoms with Crippen LogP contribution in [-0.4, -0.2) is 25.0 Å². The molecule has 0 saturated carbocycles. The average molecular weight is 256 g/mol. The summed E-state index contributed by atoms with van der Waals surface area (Å²) < 4.78 is 0. The summed E-state index contributed by atoms with van der Waals surface area (Å²) in [5, 5.41) is 6.29. The number of hydrogen-bond donors (Lipinski definition) is 2. The van der Waals surface area contributed by atoms with Crippen molar-refractivity contribution in [3.05, 3.63) is 0 Å². The van der Waals surface area contributed by atoms with Gasteiger partial charge in [0.25, 0.3) is 0 Å². The van der Waals surface area contributed by atoms with Crippen LogP contribution in [0.2, 0.25) is 0 Å². The summed E-state index contributed by atoms with van der Waals surface area (Å²) in [7, 11) is 1.72. The van der Waals surface area contributed by atoms with E-state index in [0.29, 0.717) is 5.92 Å². The van der Waals surface area contributed by atoms with Gasteiger partial charge in [-0.1, -0.05) is 46.5 Å². The zero-order valence-corrected chi connectivity index (χ0v) is 12.9. The Morgan fingerprint density at radius 2 is 1.89 bits per heavy atom. The van der Waals surface area contributed by atoms with Crippen molar-refractivity contribution in [2.45, 2.75) is 71.8 Å². The van der Waals surface area contributed by atoms with E-state index < -0.39 is 5.54 Å². The van der Waals surface area contributed by atoms with Crippen molar-refractivity contribution >= 4 is 5.91 Å². The second-order valence-electron chi connectivity index (χ2n) is 5.46. The molecule has 0 heterocycles. The fraction of sp³-hybridized carbons (Fsp3) is 0.933. The Morgan fingerprint density at radius 1 is 1.22 bits per heavy atom. The smallest absolute Gasteiger partial charge is 0.239 e. The lowest BCUT2D eigenvalue weighted by molar-refractivity contribution is -0.127. The number of unbranched alkanes of at least 4 members (excludes halogenated alkanes) is 1. The molecule has 0 rings (SSSR count). The van der Waals surface area contributed by atoms with E-state index in [1.807, 2.05) is 6.92 Å². The molecule has 0 saturated heterocycles. The molecule has 2 N–H and O–H groups in total. The molecule has 2 atom stereocenters. The molecule has 0 aliphatic carbocycles. The van der Waals surface area contributed by atoms with Gasteiger partial charge in [-0.3, -0.25) is 4.79 Å². The van der Waals surface area contributed by atoms with Gasteiger partial charge in [-0.2, -0.15) is 0 Å². The average Bonchev–Trinajstić information content (AvgIpc) is 2.40. The van der Waals surface area contributed by atoms with Crippen molar-refractivity contribution in [3.63, 3.8) is 0 Å². The van der Waals surface area contributed by atoms with Gasteiger partial charge in [-0.15, -0.1) is 0 Å². The molecule has 108 valence electrons. The van der Waals surface area contributed by atoms with E-state index in [4.69, 9.17) is 0 Å². The maximum absolute atomic E-state index is 12.0. The lowest BCUT2D eigenvalue weighted by atomic mass is 9.91. The first-order chi connectivity index (χ1) is 8.53.